The van der Waals surface area contributed by atoms with Crippen LogP contribution in [0.15, 0.2) is 40.9 Å². The Labute approximate surface area is 126 Å². The van der Waals surface area contributed by atoms with Crippen molar-refractivity contribution in [3.8, 4) is 0 Å². The van der Waals surface area contributed by atoms with Crippen molar-refractivity contribution in [2.75, 3.05) is 13.1 Å². The van der Waals surface area contributed by atoms with E-state index in [1.165, 1.54) is 18.4 Å². The van der Waals surface area contributed by atoms with Gasteiger partial charge in [-0.25, -0.2) is 4.98 Å². The number of oxazole rings is 1. The third-order valence-corrected chi connectivity index (χ3v) is 4.13. The van der Waals surface area contributed by atoms with Crippen molar-refractivity contribution in [2.45, 2.75) is 44.4 Å². The summed E-state index contributed by atoms with van der Waals surface area (Å²) in [4.78, 5) is 4.43. The van der Waals surface area contributed by atoms with Gasteiger partial charge in [-0.15, -0.1) is 0 Å². The van der Waals surface area contributed by atoms with Gasteiger partial charge in [-0.05, 0) is 43.8 Å². The molecule has 1 aliphatic rings. The first kappa shape index (κ1) is 14.3. The van der Waals surface area contributed by atoms with Gasteiger partial charge >= 0.3 is 0 Å². The zero-order chi connectivity index (χ0) is 14.5. The lowest BCUT2D eigenvalue weighted by Crippen LogP contribution is -2.16. The van der Waals surface area contributed by atoms with Crippen LogP contribution in [-0.4, -0.2) is 18.1 Å². The van der Waals surface area contributed by atoms with Crippen LogP contribution in [0.3, 0.4) is 0 Å². The minimum atomic E-state index is 0.534. The third-order valence-electron chi connectivity index (χ3n) is 4.13. The highest BCUT2D eigenvalue weighted by Crippen LogP contribution is 2.54. The number of hydrogen-bond donors (Lipinski definition) is 1. The minimum Gasteiger partial charge on any atom is -0.445 e. The van der Waals surface area contributed by atoms with E-state index >= 15 is 0 Å². The van der Waals surface area contributed by atoms with E-state index in [1.54, 1.807) is 0 Å². The molecule has 0 radical (unpaired) electrons. The molecule has 1 aromatic carbocycles. The molecular weight excluding hydrogens is 260 g/mol. The van der Waals surface area contributed by atoms with Gasteiger partial charge in [0.1, 0.15) is 5.76 Å². The molecule has 0 saturated heterocycles. The Morgan fingerprint density at radius 2 is 2.05 bits per heavy atom. The molecule has 1 N–H and O–H groups in total. The highest BCUT2D eigenvalue weighted by Gasteiger charge is 2.41. The molecule has 1 saturated carbocycles. The number of aromatic nitrogens is 1. The van der Waals surface area contributed by atoms with Crippen molar-refractivity contribution in [3.63, 3.8) is 0 Å². The first-order valence-electron chi connectivity index (χ1n) is 8.08. The predicted molar refractivity (Wildman–Crippen MR) is 84.5 cm³/mol. The summed E-state index contributed by atoms with van der Waals surface area (Å²) in [5, 5.41) is 3.41. The van der Waals surface area contributed by atoms with Crippen LogP contribution in [-0.2, 0) is 6.42 Å². The molecule has 3 rings (SSSR count). The van der Waals surface area contributed by atoms with E-state index in [2.05, 4.69) is 47.6 Å². The van der Waals surface area contributed by atoms with Crippen LogP contribution in [0.4, 0.5) is 0 Å². The van der Waals surface area contributed by atoms with Crippen LogP contribution < -0.4 is 5.32 Å². The topological polar surface area (TPSA) is 38.1 Å². The Kier molecular flexibility index (Phi) is 4.71. The summed E-state index contributed by atoms with van der Waals surface area (Å²) < 4.78 is 5.93. The minimum absolute atomic E-state index is 0.534. The second kappa shape index (κ2) is 6.90. The molecule has 21 heavy (non-hydrogen) atoms. The van der Waals surface area contributed by atoms with Crippen molar-refractivity contribution < 1.29 is 4.42 Å². The maximum absolute atomic E-state index is 5.93. The van der Waals surface area contributed by atoms with Crippen LogP contribution in [0.5, 0.6) is 0 Å². The Bertz CT molecular complexity index is 549. The predicted octanol–water partition coefficient (Wildman–Crippen LogP) is 3.88. The second-order valence-corrected chi connectivity index (χ2v) is 5.87. The summed E-state index contributed by atoms with van der Waals surface area (Å²) in [7, 11) is 0. The van der Waals surface area contributed by atoms with Gasteiger partial charge < -0.3 is 9.73 Å². The molecule has 3 heteroatoms. The van der Waals surface area contributed by atoms with Crippen LogP contribution in [0.2, 0.25) is 0 Å². The molecule has 2 unspecified atom stereocenters. The van der Waals surface area contributed by atoms with E-state index in [0.717, 1.165) is 37.6 Å². The summed E-state index contributed by atoms with van der Waals surface area (Å²) in [6, 6.07) is 10.7. The molecule has 112 valence electrons. The van der Waals surface area contributed by atoms with Gasteiger partial charge in [0.05, 0.1) is 6.20 Å². The zero-order valence-electron chi connectivity index (χ0n) is 12.7. The molecule has 1 fully saturated rings. The number of hydrogen-bond acceptors (Lipinski definition) is 3. The summed E-state index contributed by atoms with van der Waals surface area (Å²) in [6.45, 7) is 4.32. The van der Waals surface area contributed by atoms with E-state index in [-0.39, 0.29) is 0 Å². The Morgan fingerprint density at radius 1 is 1.19 bits per heavy atom. The van der Waals surface area contributed by atoms with Crippen LogP contribution in [0.25, 0.3) is 0 Å². The zero-order valence-corrected chi connectivity index (χ0v) is 12.7. The molecule has 1 aliphatic carbocycles. The quantitative estimate of drug-likeness (QED) is 0.748. The van der Waals surface area contributed by atoms with Crippen LogP contribution >= 0.6 is 0 Å². The van der Waals surface area contributed by atoms with Crippen molar-refractivity contribution in [1.82, 2.24) is 10.3 Å². The van der Waals surface area contributed by atoms with Gasteiger partial charge in [0.15, 0.2) is 5.89 Å². The third kappa shape index (κ3) is 3.73. The number of aryl methyl sites for hydroxylation is 1. The average molecular weight is 284 g/mol. The van der Waals surface area contributed by atoms with E-state index < -0.39 is 0 Å². The summed E-state index contributed by atoms with van der Waals surface area (Å²) in [5.41, 5.74) is 1.42. The highest BCUT2D eigenvalue weighted by molar-refractivity contribution is 5.31. The van der Waals surface area contributed by atoms with Crippen molar-refractivity contribution >= 4 is 0 Å². The van der Waals surface area contributed by atoms with Crippen LogP contribution in [0.1, 0.15) is 55.2 Å². The first-order chi connectivity index (χ1) is 10.4. The number of rotatable bonds is 8. The van der Waals surface area contributed by atoms with E-state index in [0.29, 0.717) is 11.8 Å². The van der Waals surface area contributed by atoms with E-state index in [4.69, 9.17) is 4.42 Å². The first-order valence-corrected chi connectivity index (χ1v) is 8.08. The average Bonchev–Trinajstić information content (AvgIpc) is 3.19. The highest BCUT2D eigenvalue weighted by atomic mass is 16.4. The van der Waals surface area contributed by atoms with Gasteiger partial charge in [-0.2, -0.15) is 0 Å². The molecule has 2 aromatic rings. The molecule has 1 aromatic heterocycles. The fraction of sp³-hybridized carbons (Fsp3) is 0.500. The largest absolute Gasteiger partial charge is 0.445 e. The van der Waals surface area contributed by atoms with Crippen molar-refractivity contribution in [3.05, 3.63) is 53.7 Å². The van der Waals surface area contributed by atoms with Gasteiger partial charge in [0, 0.05) is 12.3 Å². The monoisotopic (exact) mass is 284 g/mol. The maximum Gasteiger partial charge on any atom is 0.194 e. The lowest BCUT2D eigenvalue weighted by molar-refractivity contribution is 0.446. The summed E-state index contributed by atoms with van der Waals surface area (Å²) >= 11 is 0. The second-order valence-electron chi connectivity index (χ2n) is 5.87. The van der Waals surface area contributed by atoms with Crippen molar-refractivity contribution in [2.24, 2.45) is 0 Å². The fourth-order valence-electron chi connectivity index (χ4n) is 2.86. The molecule has 1 heterocycles. The molecule has 0 amide bonds. The molecule has 0 spiro atoms. The van der Waals surface area contributed by atoms with E-state index in [9.17, 15) is 0 Å². The van der Waals surface area contributed by atoms with Gasteiger partial charge in [-0.3, -0.25) is 0 Å². The Morgan fingerprint density at radius 3 is 2.86 bits per heavy atom. The number of nitrogens with one attached hydrogen (secondary N) is 1. The Hall–Kier alpha value is -1.61. The fourth-order valence-corrected chi connectivity index (χ4v) is 2.86. The van der Waals surface area contributed by atoms with Gasteiger partial charge in [-0.1, -0.05) is 37.3 Å². The van der Waals surface area contributed by atoms with Crippen molar-refractivity contribution in [1.29, 1.82) is 0 Å². The van der Waals surface area contributed by atoms with Crippen LogP contribution in [0, 0.1) is 0 Å². The maximum atomic E-state index is 5.93. The van der Waals surface area contributed by atoms with Gasteiger partial charge in [0.2, 0.25) is 0 Å². The smallest absolute Gasteiger partial charge is 0.194 e. The summed E-state index contributed by atoms with van der Waals surface area (Å²) in [6.07, 6.45) is 6.33. The standard InChI is InChI=1S/C18H24N2O/c1-2-10-19-11-6-9-18-20-13-17(21-18)16-12-15(16)14-7-4-3-5-8-14/h3-5,7-8,13,15-16,19H,2,6,9-12H2,1H3. The molecule has 0 aliphatic heterocycles. The Balaban J connectivity index is 1.48. The molecule has 2 atom stereocenters. The normalized spacial score (nSPS) is 20.6. The molecule has 0 bridgehead atoms. The molecule has 3 nitrogen and oxygen atoms in total. The lowest BCUT2D eigenvalue weighted by atomic mass is 10.1. The molecular formula is C18H24N2O. The van der Waals surface area contributed by atoms with Gasteiger partial charge in [0.25, 0.3) is 0 Å². The van der Waals surface area contributed by atoms with E-state index in [1.807, 2.05) is 6.20 Å². The lowest BCUT2D eigenvalue weighted by Gasteiger charge is -2.00. The SMILES string of the molecule is CCCNCCCc1ncc(C2CC2c2ccccc2)o1. The number of benzene rings is 1. The summed E-state index contributed by atoms with van der Waals surface area (Å²) in [5.74, 6) is 3.12. The number of nitrogens with zero attached hydrogens (tertiary/aromatic N) is 1.